The number of nitrogens with zero attached hydrogens (tertiary/aromatic N) is 2. The van der Waals surface area contributed by atoms with Gasteiger partial charge in [-0.15, -0.1) is 0 Å². The molecule has 2 aliphatic rings. The molecule has 36 heavy (non-hydrogen) atoms. The highest BCUT2D eigenvalue weighted by Gasteiger charge is 2.29. The van der Waals surface area contributed by atoms with Gasteiger partial charge in [-0.3, -0.25) is 9.69 Å². The first-order valence-corrected chi connectivity index (χ1v) is 12.7. The molecule has 6 nitrogen and oxygen atoms in total. The molecule has 0 atom stereocenters. The van der Waals surface area contributed by atoms with E-state index in [-0.39, 0.29) is 12.5 Å². The largest absolute Gasteiger partial charge is 0.497 e. The van der Waals surface area contributed by atoms with Gasteiger partial charge in [0.2, 0.25) is 0 Å². The van der Waals surface area contributed by atoms with Crippen LogP contribution in [0.4, 0.5) is 10.5 Å². The van der Waals surface area contributed by atoms with Crippen LogP contribution in [0.25, 0.3) is 0 Å². The van der Waals surface area contributed by atoms with Crippen molar-refractivity contribution in [1.29, 1.82) is 0 Å². The molecule has 2 amide bonds. The van der Waals surface area contributed by atoms with Crippen LogP contribution < -0.4 is 9.64 Å². The standard InChI is InChI=1S/C30H32N2O4/c1-36-27-14-9-21(10-15-27)18-31-20-25-17-26(13-16-28(25)29(31)33)32(30(34)35)19-22-7-11-24(12-8-22)23-5-3-2-4-6-23/h7-17,23H,2-6,18-20H2,1H3,(H,34,35). The van der Waals surface area contributed by atoms with Gasteiger partial charge in [0, 0.05) is 24.3 Å². The summed E-state index contributed by atoms with van der Waals surface area (Å²) in [6.07, 6.45) is 5.38. The predicted molar refractivity (Wildman–Crippen MR) is 139 cm³/mol. The Balaban J connectivity index is 1.29. The van der Waals surface area contributed by atoms with Crippen molar-refractivity contribution >= 4 is 17.7 Å². The lowest BCUT2D eigenvalue weighted by molar-refractivity contribution is 0.0766. The molecular formula is C30H32N2O4. The first kappa shape index (κ1) is 23.9. The Kier molecular flexibility index (Phi) is 6.94. The van der Waals surface area contributed by atoms with E-state index in [4.69, 9.17) is 4.74 Å². The number of ether oxygens (including phenoxy) is 1. The minimum atomic E-state index is -1.01. The van der Waals surface area contributed by atoms with E-state index in [2.05, 4.69) is 12.1 Å². The topological polar surface area (TPSA) is 70.1 Å². The van der Waals surface area contributed by atoms with Crippen LogP contribution in [0, 0.1) is 0 Å². The molecule has 0 spiro atoms. The van der Waals surface area contributed by atoms with Crippen molar-refractivity contribution in [1.82, 2.24) is 4.90 Å². The van der Waals surface area contributed by atoms with Crippen LogP contribution >= 0.6 is 0 Å². The summed E-state index contributed by atoms with van der Waals surface area (Å²) >= 11 is 0. The zero-order valence-corrected chi connectivity index (χ0v) is 20.7. The fourth-order valence-corrected chi connectivity index (χ4v) is 5.40. The highest BCUT2D eigenvalue weighted by molar-refractivity contribution is 5.99. The van der Waals surface area contributed by atoms with Gasteiger partial charge < -0.3 is 14.7 Å². The van der Waals surface area contributed by atoms with Crippen molar-refractivity contribution in [2.24, 2.45) is 0 Å². The quantitative estimate of drug-likeness (QED) is 0.411. The Morgan fingerprint density at radius 1 is 0.972 bits per heavy atom. The number of hydrogen-bond donors (Lipinski definition) is 1. The first-order valence-electron chi connectivity index (χ1n) is 12.7. The van der Waals surface area contributed by atoms with Gasteiger partial charge in [0.15, 0.2) is 0 Å². The minimum absolute atomic E-state index is 0.0347. The molecule has 1 saturated carbocycles. The maximum absolute atomic E-state index is 13.0. The van der Waals surface area contributed by atoms with Gasteiger partial charge in [-0.25, -0.2) is 4.79 Å². The number of fused-ring (bicyclic) bond motifs is 1. The number of anilines is 1. The maximum Gasteiger partial charge on any atom is 0.412 e. The van der Waals surface area contributed by atoms with Crippen molar-refractivity contribution < 1.29 is 19.4 Å². The van der Waals surface area contributed by atoms with Gasteiger partial charge in [-0.1, -0.05) is 55.7 Å². The third-order valence-electron chi connectivity index (χ3n) is 7.44. The summed E-state index contributed by atoms with van der Waals surface area (Å²) in [4.78, 5) is 28.3. The predicted octanol–water partition coefficient (Wildman–Crippen LogP) is 6.58. The van der Waals surface area contributed by atoms with Gasteiger partial charge in [0.05, 0.1) is 13.7 Å². The van der Waals surface area contributed by atoms with E-state index in [1.54, 1.807) is 24.1 Å². The second kappa shape index (κ2) is 10.4. The van der Waals surface area contributed by atoms with Gasteiger partial charge in [-0.2, -0.15) is 0 Å². The first-order chi connectivity index (χ1) is 17.5. The van der Waals surface area contributed by atoms with E-state index in [0.29, 0.717) is 30.3 Å². The minimum Gasteiger partial charge on any atom is -0.497 e. The van der Waals surface area contributed by atoms with E-state index < -0.39 is 6.09 Å². The lowest BCUT2D eigenvalue weighted by Crippen LogP contribution is -2.28. The van der Waals surface area contributed by atoms with Crippen LogP contribution in [-0.2, 0) is 19.6 Å². The Bertz CT molecular complexity index is 1230. The molecule has 0 aromatic heterocycles. The number of methoxy groups -OCH3 is 1. The summed E-state index contributed by atoms with van der Waals surface area (Å²) in [5.41, 5.74) is 5.39. The van der Waals surface area contributed by atoms with E-state index in [0.717, 1.165) is 22.4 Å². The van der Waals surface area contributed by atoms with Crippen molar-refractivity contribution in [3.05, 3.63) is 94.5 Å². The fourth-order valence-electron chi connectivity index (χ4n) is 5.40. The molecule has 0 saturated heterocycles. The Labute approximate surface area is 212 Å². The van der Waals surface area contributed by atoms with Crippen LogP contribution in [0.3, 0.4) is 0 Å². The second-order valence-corrected chi connectivity index (χ2v) is 9.80. The second-order valence-electron chi connectivity index (χ2n) is 9.80. The average molecular weight is 485 g/mol. The summed E-state index contributed by atoms with van der Waals surface area (Å²) in [7, 11) is 1.63. The molecular weight excluding hydrogens is 452 g/mol. The molecule has 0 radical (unpaired) electrons. The van der Waals surface area contributed by atoms with Crippen LogP contribution in [0.5, 0.6) is 5.75 Å². The summed E-state index contributed by atoms with van der Waals surface area (Å²) < 4.78 is 5.21. The van der Waals surface area contributed by atoms with Crippen LogP contribution in [-0.4, -0.2) is 29.1 Å². The molecule has 1 aliphatic carbocycles. The number of hydrogen-bond acceptors (Lipinski definition) is 3. The molecule has 3 aromatic rings. The van der Waals surface area contributed by atoms with Crippen molar-refractivity contribution in [3.8, 4) is 5.75 Å². The van der Waals surface area contributed by atoms with E-state index in [9.17, 15) is 14.7 Å². The molecule has 3 aromatic carbocycles. The Hall–Kier alpha value is -3.80. The lowest BCUT2D eigenvalue weighted by Gasteiger charge is -2.23. The van der Waals surface area contributed by atoms with Crippen LogP contribution in [0.15, 0.2) is 66.7 Å². The van der Waals surface area contributed by atoms with Gasteiger partial charge >= 0.3 is 6.09 Å². The molecule has 0 unspecified atom stereocenters. The zero-order valence-electron chi connectivity index (χ0n) is 20.7. The van der Waals surface area contributed by atoms with Crippen LogP contribution in [0.1, 0.15) is 70.6 Å². The highest BCUT2D eigenvalue weighted by atomic mass is 16.5. The number of rotatable bonds is 7. The maximum atomic E-state index is 13.0. The molecule has 1 aliphatic heterocycles. The zero-order chi connectivity index (χ0) is 25.1. The smallest absolute Gasteiger partial charge is 0.412 e. The molecule has 5 rings (SSSR count). The van der Waals surface area contributed by atoms with E-state index in [1.807, 2.05) is 42.5 Å². The lowest BCUT2D eigenvalue weighted by atomic mass is 9.84. The highest BCUT2D eigenvalue weighted by Crippen LogP contribution is 2.33. The normalized spacial score (nSPS) is 15.6. The number of carbonyl (C=O) groups is 2. The molecule has 186 valence electrons. The Morgan fingerprint density at radius 2 is 1.67 bits per heavy atom. The average Bonchev–Trinajstić information content (AvgIpc) is 3.22. The van der Waals surface area contributed by atoms with Crippen molar-refractivity contribution in [3.63, 3.8) is 0 Å². The molecule has 1 N–H and O–H groups in total. The van der Waals surface area contributed by atoms with Crippen LogP contribution in [0.2, 0.25) is 0 Å². The number of amides is 2. The third-order valence-corrected chi connectivity index (χ3v) is 7.44. The van der Waals surface area contributed by atoms with Gasteiger partial charge in [0.25, 0.3) is 5.91 Å². The summed E-state index contributed by atoms with van der Waals surface area (Å²) in [5, 5.41) is 9.97. The number of carbonyl (C=O) groups excluding carboxylic acids is 1. The SMILES string of the molecule is COc1ccc(CN2Cc3cc(N(Cc4ccc(C5CCCCC5)cc4)C(=O)O)ccc3C2=O)cc1. The molecule has 1 heterocycles. The third kappa shape index (κ3) is 5.08. The summed E-state index contributed by atoms with van der Waals surface area (Å²) in [6.45, 7) is 1.21. The van der Waals surface area contributed by atoms with E-state index in [1.165, 1.54) is 42.6 Å². The van der Waals surface area contributed by atoms with Crippen molar-refractivity contribution in [2.45, 2.75) is 57.7 Å². The fraction of sp³-hybridized carbons (Fsp3) is 0.333. The number of benzene rings is 3. The molecule has 1 fully saturated rings. The van der Waals surface area contributed by atoms with E-state index >= 15 is 0 Å². The molecule has 6 heteroatoms. The van der Waals surface area contributed by atoms with Gasteiger partial charge in [0.1, 0.15) is 5.75 Å². The molecule has 0 bridgehead atoms. The van der Waals surface area contributed by atoms with Gasteiger partial charge in [-0.05, 0) is 71.3 Å². The Morgan fingerprint density at radius 3 is 2.33 bits per heavy atom. The van der Waals surface area contributed by atoms with Crippen molar-refractivity contribution in [2.75, 3.05) is 12.0 Å². The monoisotopic (exact) mass is 484 g/mol. The number of carboxylic acid groups (broad SMARTS) is 1. The summed E-state index contributed by atoms with van der Waals surface area (Å²) in [5.74, 6) is 1.36. The summed E-state index contributed by atoms with van der Waals surface area (Å²) in [6, 6.07) is 21.4.